The Kier molecular flexibility index (Phi) is 7.54. The van der Waals surface area contributed by atoms with E-state index < -0.39 is 0 Å². The van der Waals surface area contributed by atoms with Crippen molar-refractivity contribution in [3.63, 3.8) is 0 Å². The number of nitrogens with one attached hydrogen (secondary N) is 1. The van der Waals surface area contributed by atoms with Gasteiger partial charge in [-0.25, -0.2) is 0 Å². The van der Waals surface area contributed by atoms with Crippen LogP contribution in [0, 0.1) is 11.8 Å². The summed E-state index contributed by atoms with van der Waals surface area (Å²) in [5.74, 6) is 1.83. The maximum atomic E-state index is 3.52. The van der Waals surface area contributed by atoms with E-state index in [-0.39, 0.29) is 12.4 Å². The van der Waals surface area contributed by atoms with Crippen LogP contribution in [0.5, 0.6) is 0 Å². The van der Waals surface area contributed by atoms with Gasteiger partial charge < -0.3 is 15.1 Å². The van der Waals surface area contributed by atoms with Gasteiger partial charge in [-0.3, -0.25) is 0 Å². The monoisotopic (exact) mass is 275 g/mol. The molecule has 0 aromatic heterocycles. The molecule has 18 heavy (non-hydrogen) atoms. The fourth-order valence-electron chi connectivity index (χ4n) is 3.28. The van der Waals surface area contributed by atoms with E-state index in [4.69, 9.17) is 0 Å². The Morgan fingerprint density at radius 2 is 1.78 bits per heavy atom. The molecule has 1 atom stereocenters. The van der Waals surface area contributed by atoms with E-state index in [0.717, 1.165) is 11.8 Å². The van der Waals surface area contributed by atoms with Crippen LogP contribution >= 0.6 is 12.4 Å². The molecule has 0 aromatic carbocycles. The summed E-state index contributed by atoms with van der Waals surface area (Å²) in [6, 6.07) is 0. The van der Waals surface area contributed by atoms with Crippen LogP contribution in [0.1, 0.15) is 25.7 Å². The van der Waals surface area contributed by atoms with Gasteiger partial charge in [0.05, 0.1) is 0 Å². The van der Waals surface area contributed by atoms with Crippen LogP contribution in [0.25, 0.3) is 0 Å². The zero-order valence-corrected chi connectivity index (χ0v) is 12.8. The third-order valence-electron chi connectivity index (χ3n) is 4.38. The van der Waals surface area contributed by atoms with Crippen molar-refractivity contribution in [1.29, 1.82) is 0 Å². The van der Waals surface area contributed by atoms with Crippen molar-refractivity contribution in [3.8, 4) is 0 Å². The van der Waals surface area contributed by atoms with Gasteiger partial charge in [0.1, 0.15) is 0 Å². The van der Waals surface area contributed by atoms with Crippen molar-refractivity contribution < 1.29 is 0 Å². The lowest BCUT2D eigenvalue weighted by Crippen LogP contribution is -2.40. The third kappa shape index (κ3) is 5.43. The van der Waals surface area contributed by atoms with Crippen LogP contribution in [0.3, 0.4) is 0 Å². The number of rotatable bonds is 4. The minimum Gasteiger partial charge on any atom is -0.316 e. The molecule has 2 fully saturated rings. The Morgan fingerprint density at radius 1 is 1.11 bits per heavy atom. The normalized spacial score (nSPS) is 27.2. The second kappa shape index (κ2) is 8.36. The molecule has 2 heterocycles. The average Bonchev–Trinajstić information content (AvgIpc) is 2.33. The van der Waals surface area contributed by atoms with Gasteiger partial charge in [-0.2, -0.15) is 0 Å². The topological polar surface area (TPSA) is 18.5 Å². The SMILES string of the molecule is CN1CCC(CN(C)CC2CCCNC2)CC1.Cl. The lowest BCUT2D eigenvalue weighted by atomic mass is 9.95. The summed E-state index contributed by atoms with van der Waals surface area (Å²) in [6.45, 7) is 7.66. The first-order valence-electron chi connectivity index (χ1n) is 7.32. The van der Waals surface area contributed by atoms with E-state index in [1.165, 1.54) is 65.0 Å². The summed E-state index contributed by atoms with van der Waals surface area (Å²) >= 11 is 0. The molecule has 4 heteroatoms. The first-order valence-corrected chi connectivity index (χ1v) is 7.32. The number of likely N-dealkylation sites (tertiary alicyclic amines) is 1. The van der Waals surface area contributed by atoms with Crippen LogP contribution in [-0.4, -0.2) is 63.2 Å². The van der Waals surface area contributed by atoms with Crippen molar-refractivity contribution in [1.82, 2.24) is 15.1 Å². The Bertz CT molecular complexity index is 211. The molecule has 0 bridgehead atoms. The van der Waals surface area contributed by atoms with E-state index in [1.54, 1.807) is 0 Å². The summed E-state index contributed by atoms with van der Waals surface area (Å²) in [5.41, 5.74) is 0. The second-order valence-corrected chi connectivity index (χ2v) is 6.18. The Morgan fingerprint density at radius 3 is 2.39 bits per heavy atom. The Labute approximate surface area is 119 Å². The van der Waals surface area contributed by atoms with Crippen LogP contribution in [-0.2, 0) is 0 Å². The van der Waals surface area contributed by atoms with Crippen molar-refractivity contribution in [2.24, 2.45) is 11.8 Å². The van der Waals surface area contributed by atoms with Gasteiger partial charge in [-0.05, 0) is 77.8 Å². The van der Waals surface area contributed by atoms with Gasteiger partial charge in [0.15, 0.2) is 0 Å². The fraction of sp³-hybridized carbons (Fsp3) is 1.00. The van der Waals surface area contributed by atoms with Gasteiger partial charge in [-0.15, -0.1) is 12.4 Å². The Hall–Kier alpha value is 0.170. The van der Waals surface area contributed by atoms with E-state index in [9.17, 15) is 0 Å². The Balaban J connectivity index is 0.00000162. The summed E-state index contributed by atoms with van der Waals surface area (Å²) in [4.78, 5) is 5.04. The number of hydrogen-bond acceptors (Lipinski definition) is 3. The van der Waals surface area contributed by atoms with Crippen molar-refractivity contribution >= 4 is 12.4 Å². The maximum Gasteiger partial charge on any atom is 0.00189 e. The lowest BCUT2D eigenvalue weighted by Gasteiger charge is -2.33. The predicted octanol–water partition coefficient (Wildman–Crippen LogP) is 1.68. The van der Waals surface area contributed by atoms with Crippen LogP contribution in [0.4, 0.5) is 0 Å². The molecule has 2 aliphatic heterocycles. The molecule has 1 N–H and O–H groups in total. The van der Waals surface area contributed by atoms with Crippen molar-refractivity contribution in [2.45, 2.75) is 25.7 Å². The molecule has 0 aromatic rings. The molecule has 0 amide bonds. The predicted molar refractivity (Wildman–Crippen MR) is 80.6 cm³/mol. The highest BCUT2D eigenvalue weighted by atomic mass is 35.5. The molecule has 0 radical (unpaired) electrons. The number of hydrogen-bond donors (Lipinski definition) is 1. The molecule has 0 saturated carbocycles. The lowest BCUT2D eigenvalue weighted by molar-refractivity contribution is 0.159. The van der Waals surface area contributed by atoms with E-state index in [1.807, 2.05) is 0 Å². The number of halogens is 1. The quantitative estimate of drug-likeness (QED) is 0.842. The first-order chi connectivity index (χ1) is 8.24. The van der Waals surface area contributed by atoms with Gasteiger partial charge in [0, 0.05) is 13.1 Å². The van der Waals surface area contributed by atoms with Crippen molar-refractivity contribution in [2.75, 3.05) is 53.4 Å². The minimum absolute atomic E-state index is 0. The molecular formula is C14H30ClN3. The molecule has 1 unspecified atom stereocenters. The second-order valence-electron chi connectivity index (χ2n) is 6.18. The molecule has 3 nitrogen and oxygen atoms in total. The van der Waals surface area contributed by atoms with Crippen molar-refractivity contribution in [3.05, 3.63) is 0 Å². The molecule has 108 valence electrons. The first kappa shape index (κ1) is 16.2. The zero-order valence-electron chi connectivity index (χ0n) is 12.0. The maximum absolute atomic E-state index is 3.52. The van der Waals surface area contributed by atoms with Gasteiger partial charge in [0.2, 0.25) is 0 Å². The van der Waals surface area contributed by atoms with Gasteiger partial charge >= 0.3 is 0 Å². The molecule has 0 spiro atoms. The molecule has 2 rings (SSSR count). The van der Waals surface area contributed by atoms with Crippen LogP contribution < -0.4 is 5.32 Å². The minimum atomic E-state index is 0. The van der Waals surface area contributed by atoms with Crippen LogP contribution in [0.15, 0.2) is 0 Å². The van der Waals surface area contributed by atoms with E-state index in [0.29, 0.717) is 0 Å². The summed E-state index contributed by atoms with van der Waals surface area (Å²) < 4.78 is 0. The third-order valence-corrected chi connectivity index (χ3v) is 4.38. The highest BCUT2D eigenvalue weighted by Gasteiger charge is 2.20. The smallest absolute Gasteiger partial charge is 0.00189 e. The molecule has 2 saturated heterocycles. The number of piperidine rings is 2. The average molecular weight is 276 g/mol. The highest BCUT2D eigenvalue weighted by molar-refractivity contribution is 5.85. The van der Waals surface area contributed by atoms with Gasteiger partial charge in [0.25, 0.3) is 0 Å². The molecular weight excluding hydrogens is 246 g/mol. The van der Waals surface area contributed by atoms with Crippen LogP contribution in [0.2, 0.25) is 0 Å². The number of nitrogens with zero attached hydrogens (tertiary/aromatic N) is 2. The summed E-state index contributed by atoms with van der Waals surface area (Å²) in [6.07, 6.45) is 5.57. The fourth-order valence-corrected chi connectivity index (χ4v) is 3.28. The standard InChI is InChI=1S/C14H29N3.ClH/c1-16-8-5-13(6-9-16)11-17(2)12-14-4-3-7-15-10-14;/h13-15H,3-12H2,1-2H3;1H. The van der Waals surface area contributed by atoms with Gasteiger partial charge in [-0.1, -0.05) is 0 Å². The zero-order chi connectivity index (χ0) is 12.1. The summed E-state index contributed by atoms with van der Waals surface area (Å²) in [5, 5.41) is 3.52. The largest absolute Gasteiger partial charge is 0.316 e. The summed E-state index contributed by atoms with van der Waals surface area (Å²) in [7, 11) is 4.56. The van der Waals surface area contributed by atoms with E-state index in [2.05, 4.69) is 29.2 Å². The molecule has 0 aliphatic carbocycles. The highest BCUT2D eigenvalue weighted by Crippen LogP contribution is 2.18. The van der Waals surface area contributed by atoms with E-state index >= 15 is 0 Å². The molecule has 2 aliphatic rings.